The van der Waals surface area contributed by atoms with E-state index < -0.39 is 11.5 Å². The van der Waals surface area contributed by atoms with E-state index >= 15 is 0 Å². The second-order valence-electron chi connectivity index (χ2n) is 6.33. The van der Waals surface area contributed by atoms with Crippen LogP contribution in [0.5, 0.6) is 0 Å². The third-order valence-electron chi connectivity index (χ3n) is 3.87. The van der Waals surface area contributed by atoms with E-state index in [0.29, 0.717) is 11.8 Å². The van der Waals surface area contributed by atoms with Crippen LogP contribution in [-0.2, 0) is 4.79 Å². The monoisotopic (exact) mass is 242 g/mol. The van der Waals surface area contributed by atoms with Gasteiger partial charge in [-0.25, -0.2) is 0 Å². The minimum Gasteiger partial charge on any atom is -0.480 e. The van der Waals surface area contributed by atoms with Crippen molar-refractivity contribution >= 4 is 5.97 Å². The SMILES string of the molecule is CC1(C)CCN(CCCC(C)(N)C(=O)O)CC1. The normalized spacial score (nSPS) is 24.2. The Hall–Kier alpha value is -0.610. The van der Waals surface area contributed by atoms with Crippen LogP contribution in [0.1, 0.15) is 46.5 Å². The highest BCUT2D eigenvalue weighted by Gasteiger charge is 2.28. The maximum atomic E-state index is 10.8. The van der Waals surface area contributed by atoms with Crippen molar-refractivity contribution in [3.63, 3.8) is 0 Å². The smallest absolute Gasteiger partial charge is 0.323 e. The molecule has 0 amide bonds. The number of likely N-dealkylation sites (tertiary alicyclic amines) is 1. The number of carboxylic acids is 1. The van der Waals surface area contributed by atoms with Gasteiger partial charge in [0, 0.05) is 0 Å². The van der Waals surface area contributed by atoms with Crippen LogP contribution in [0, 0.1) is 5.41 Å². The van der Waals surface area contributed by atoms with Crippen molar-refractivity contribution in [3.05, 3.63) is 0 Å². The zero-order valence-corrected chi connectivity index (χ0v) is 11.3. The number of hydrogen-bond acceptors (Lipinski definition) is 3. The molecular formula is C13H26N2O2. The molecular weight excluding hydrogens is 216 g/mol. The molecule has 1 rings (SSSR count). The number of hydrogen-bond donors (Lipinski definition) is 2. The molecule has 1 heterocycles. The Kier molecular flexibility index (Phi) is 4.55. The second kappa shape index (κ2) is 5.36. The van der Waals surface area contributed by atoms with E-state index in [1.165, 1.54) is 12.8 Å². The van der Waals surface area contributed by atoms with Gasteiger partial charge in [0.1, 0.15) is 5.54 Å². The fraction of sp³-hybridized carbons (Fsp3) is 0.923. The second-order valence-corrected chi connectivity index (χ2v) is 6.33. The average molecular weight is 242 g/mol. The Morgan fingerprint density at radius 3 is 2.41 bits per heavy atom. The Bertz CT molecular complexity index is 265. The molecule has 0 bridgehead atoms. The lowest BCUT2D eigenvalue weighted by molar-refractivity contribution is -0.142. The van der Waals surface area contributed by atoms with E-state index in [1.807, 2.05) is 0 Å². The molecule has 100 valence electrons. The van der Waals surface area contributed by atoms with Gasteiger partial charge in [0.25, 0.3) is 0 Å². The van der Waals surface area contributed by atoms with Gasteiger partial charge < -0.3 is 15.7 Å². The van der Waals surface area contributed by atoms with Gasteiger partial charge in [0.2, 0.25) is 0 Å². The van der Waals surface area contributed by atoms with Crippen molar-refractivity contribution in [1.82, 2.24) is 4.90 Å². The third kappa shape index (κ3) is 4.64. The molecule has 1 unspecified atom stereocenters. The average Bonchev–Trinajstić information content (AvgIpc) is 2.20. The van der Waals surface area contributed by atoms with Gasteiger partial charge >= 0.3 is 5.97 Å². The van der Waals surface area contributed by atoms with Crippen molar-refractivity contribution in [2.24, 2.45) is 11.1 Å². The predicted molar refractivity (Wildman–Crippen MR) is 68.9 cm³/mol. The summed E-state index contributed by atoms with van der Waals surface area (Å²) < 4.78 is 0. The van der Waals surface area contributed by atoms with Crippen molar-refractivity contribution in [1.29, 1.82) is 0 Å². The summed E-state index contributed by atoms with van der Waals surface area (Å²) >= 11 is 0. The first-order chi connectivity index (χ1) is 7.73. The van der Waals surface area contributed by atoms with Gasteiger partial charge in [0.15, 0.2) is 0 Å². The number of carboxylic acid groups (broad SMARTS) is 1. The molecule has 4 nitrogen and oxygen atoms in total. The lowest BCUT2D eigenvalue weighted by Gasteiger charge is -2.37. The van der Waals surface area contributed by atoms with E-state index in [1.54, 1.807) is 6.92 Å². The molecule has 1 saturated heterocycles. The van der Waals surface area contributed by atoms with Gasteiger partial charge in [-0.05, 0) is 57.7 Å². The largest absolute Gasteiger partial charge is 0.480 e. The molecule has 1 aliphatic heterocycles. The summed E-state index contributed by atoms with van der Waals surface area (Å²) in [6.45, 7) is 9.44. The molecule has 0 aromatic heterocycles. The Morgan fingerprint density at radius 1 is 1.41 bits per heavy atom. The third-order valence-corrected chi connectivity index (χ3v) is 3.87. The van der Waals surface area contributed by atoms with Crippen LogP contribution in [0.4, 0.5) is 0 Å². The molecule has 0 aliphatic carbocycles. The molecule has 4 heteroatoms. The summed E-state index contributed by atoms with van der Waals surface area (Å²) in [5.74, 6) is -0.905. The van der Waals surface area contributed by atoms with Gasteiger partial charge in [-0.3, -0.25) is 4.79 Å². The minimum absolute atomic E-state index is 0.472. The molecule has 17 heavy (non-hydrogen) atoms. The number of nitrogens with zero attached hydrogens (tertiary/aromatic N) is 1. The molecule has 1 fully saturated rings. The van der Waals surface area contributed by atoms with Crippen LogP contribution in [-0.4, -0.2) is 41.1 Å². The zero-order chi connectivity index (χ0) is 13.1. The van der Waals surface area contributed by atoms with Crippen LogP contribution in [0.3, 0.4) is 0 Å². The highest BCUT2D eigenvalue weighted by Crippen LogP contribution is 2.29. The van der Waals surface area contributed by atoms with Crippen LogP contribution < -0.4 is 5.73 Å². The molecule has 0 aromatic carbocycles. The molecule has 0 saturated carbocycles. The quantitative estimate of drug-likeness (QED) is 0.770. The molecule has 0 aromatic rings. The lowest BCUT2D eigenvalue weighted by Crippen LogP contribution is -2.45. The van der Waals surface area contributed by atoms with Gasteiger partial charge in [-0.15, -0.1) is 0 Å². The zero-order valence-electron chi connectivity index (χ0n) is 11.3. The highest BCUT2D eigenvalue weighted by molar-refractivity contribution is 5.77. The van der Waals surface area contributed by atoms with Gasteiger partial charge in [-0.2, -0.15) is 0 Å². The van der Waals surface area contributed by atoms with Crippen molar-refractivity contribution in [2.45, 2.75) is 52.0 Å². The highest BCUT2D eigenvalue weighted by atomic mass is 16.4. The van der Waals surface area contributed by atoms with E-state index in [0.717, 1.165) is 26.1 Å². The molecule has 3 N–H and O–H groups in total. The topological polar surface area (TPSA) is 66.6 Å². The first-order valence-corrected chi connectivity index (χ1v) is 6.48. The van der Waals surface area contributed by atoms with Crippen molar-refractivity contribution in [2.75, 3.05) is 19.6 Å². The number of nitrogens with two attached hydrogens (primary N) is 1. The molecule has 0 spiro atoms. The standard InChI is InChI=1S/C13H26N2O2/c1-12(2)6-9-15(10-7-12)8-4-5-13(3,14)11(16)17/h4-10,14H2,1-3H3,(H,16,17). The van der Waals surface area contributed by atoms with E-state index in [9.17, 15) is 4.79 Å². The predicted octanol–water partition coefficient (Wildman–Crippen LogP) is 1.69. The summed E-state index contributed by atoms with van der Waals surface area (Å²) in [6.07, 6.45) is 3.86. The summed E-state index contributed by atoms with van der Waals surface area (Å²) in [5.41, 5.74) is 5.10. The van der Waals surface area contributed by atoms with Crippen LogP contribution in [0.2, 0.25) is 0 Å². The van der Waals surface area contributed by atoms with Crippen LogP contribution in [0.25, 0.3) is 0 Å². The number of aliphatic carboxylic acids is 1. The fourth-order valence-corrected chi connectivity index (χ4v) is 2.16. The van der Waals surface area contributed by atoms with Crippen molar-refractivity contribution in [3.8, 4) is 0 Å². The maximum Gasteiger partial charge on any atom is 0.323 e. The molecule has 1 atom stereocenters. The Balaban J connectivity index is 2.23. The molecule has 0 radical (unpaired) electrons. The number of rotatable bonds is 5. The van der Waals surface area contributed by atoms with Crippen LogP contribution >= 0.6 is 0 Å². The minimum atomic E-state index is -1.07. The summed E-state index contributed by atoms with van der Waals surface area (Å²) in [6, 6.07) is 0. The summed E-state index contributed by atoms with van der Waals surface area (Å²) in [5, 5.41) is 8.91. The van der Waals surface area contributed by atoms with E-state index in [-0.39, 0.29) is 0 Å². The molecule has 1 aliphatic rings. The van der Waals surface area contributed by atoms with E-state index in [2.05, 4.69) is 18.7 Å². The Morgan fingerprint density at radius 2 is 1.94 bits per heavy atom. The first-order valence-electron chi connectivity index (χ1n) is 6.48. The Labute approximate surface area is 104 Å². The van der Waals surface area contributed by atoms with Gasteiger partial charge in [-0.1, -0.05) is 13.8 Å². The lowest BCUT2D eigenvalue weighted by atomic mass is 9.82. The van der Waals surface area contributed by atoms with Gasteiger partial charge in [0.05, 0.1) is 0 Å². The van der Waals surface area contributed by atoms with Crippen molar-refractivity contribution < 1.29 is 9.90 Å². The fourth-order valence-electron chi connectivity index (χ4n) is 2.16. The number of carbonyl (C=O) groups is 1. The van der Waals surface area contributed by atoms with Crippen LogP contribution in [0.15, 0.2) is 0 Å². The number of piperidine rings is 1. The van der Waals surface area contributed by atoms with E-state index in [4.69, 9.17) is 10.8 Å². The maximum absolute atomic E-state index is 10.8. The summed E-state index contributed by atoms with van der Waals surface area (Å²) in [4.78, 5) is 13.3. The first kappa shape index (κ1) is 14.5. The summed E-state index contributed by atoms with van der Waals surface area (Å²) in [7, 11) is 0.